The average Bonchev–Trinajstić information content (AvgIpc) is 2.29. The second kappa shape index (κ2) is 7.24. The number of hydrogen-bond acceptors (Lipinski definition) is 2. The molecule has 1 rings (SSSR count). The van der Waals surface area contributed by atoms with Crippen molar-refractivity contribution in [3.8, 4) is 0 Å². The molecule has 1 atom stereocenters. The van der Waals surface area contributed by atoms with Gasteiger partial charge in [-0.15, -0.1) is 0 Å². The van der Waals surface area contributed by atoms with Gasteiger partial charge in [0.15, 0.2) is 0 Å². The van der Waals surface area contributed by atoms with Crippen molar-refractivity contribution in [3.05, 3.63) is 0 Å². The minimum Gasteiger partial charge on any atom is -0.312 e. The molecule has 0 bridgehead atoms. The Labute approximate surface area is 95.4 Å². The monoisotopic (exact) mass is 212 g/mol. The van der Waals surface area contributed by atoms with Crippen LogP contribution in [0, 0.1) is 0 Å². The molecule has 0 aromatic heterocycles. The van der Waals surface area contributed by atoms with Crippen molar-refractivity contribution in [3.63, 3.8) is 0 Å². The zero-order chi connectivity index (χ0) is 11.1. The van der Waals surface area contributed by atoms with Crippen LogP contribution in [-0.4, -0.2) is 36.6 Å². The Bertz CT molecular complexity index is 149. The Balaban J connectivity index is 2.16. The molecule has 1 fully saturated rings. The molecule has 1 N–H and O–H groups in total. The van der Waals surface area contributed by atoms with Crippen LogP contribution in [0.4, 0.5) is 0 Å². The summed E-state index contributed by atoms with van der Waals surface area (Å²) >= 11 is 0. The smallest absolute Gasteiger partial charge is 0.0192 e. The first-order valence-corrected chi connectivity index (χ1v) is 6.75. The van der Waals surface area contributed by atoms with Gasteiger partial charge in [-0.2, -0.15) is 0 Å². The first kappa shape index (κ1) is 13.0. The topological polar surface area (TPSA) is 15.3 Å². The third-order valence-corrected chi connectivity index (χ3v) is 3.74. The van der Waals surface area contributed by atoms with Gasteiger partial charge in [-0.05, 0) is 32.9 Å². The Kier molecular flexibility index (Phi) is 6.26. The molecule has 1 aliphatic carbocycles. The van der Waals surface area contributed by atoms with Crippen LogP contribution in [-0.2, 0) is 0 Å². The van der Waals surface area contributed by atoms with E-state index in [1.807, 2.05) is 0 Å². The van der Waals surface area contributed by atoms with Gasteiger partial charge in [0.25, 0.3) is 0 Å². The lowest BCUT2D eigenvalue weighted by atomic mass is 9.95. The summed E-state index contributed by atoms with van der Waals surface area (Å²) in [5, 5.41) is 3.73. The van der Waals surface area contributed by atoms with Crippen LogP contribution in [0.25, 0.3) is 0 Å². The number of nitrogens with one attached hydrogen (secondary N) is 1. The lowest BCUT2D eigenvalue weighted by Crippen LogP contribution is -2.43. The molecule has 0 radical (unpaired) electrons. The highest BCUT2D eigenvalue weighted by Gasteiger charge is 2.15. The first-order chi connectivity index (χ1) is 7.27. The van der Waals surface area contributed by atoms with Crippen LogP contribution in [0.15, 0.2) is 0 Å². The number of rotatable bonds is 6. The van der Waals surface area contributed by atoms with E-state index < -0.39 is 0 Å². The first-order valence-electron chi connectivity index (χ1n) is 6.75. The Morgan fingerprint density at radius 1 is 1.13 bits per heavy atom. The Hall–Kier alpha value is -0.0800. The van der Waals surface area contributed by atoms with Crippen molar-refractivity contribution in [2.45, 2.75) is 65.0 Å². The summed E-state index contributed by atoms with van der Waals surface area (Å²) in [6, 6.07) is 1.48. The quantitative estimate of drug-likeness (QED) is 0.728. The van der Waals surface area contributed by atoms with Crippen molar-refractivity contribution < 1.29 is 0 Å². The summed E-state index contributed by atoms with van der Waals surface area (Å²) in [7, 11) is 0. The zero-order valence-electron chi connectivity index (χ0n) is 10.8. The van der Waals surface area contributed by atoms with Gasteiger partial charge in [0, 0.05) is 18.6 Å². The summed E-state index contributed by atoms with van der Waals surface area (Å²) < 4.78 is 0. The standard InChI is InChI=1S/C13H28N2/c1-4-15(5-2)12(3)11-14-13-9-7-6-8-10-13/h12-14H,4-11H2,1-3H3. The largest absolute Gasteiger partial charge is 0.312 e. The number of nitrogens with zero attached hydrogens (tertiary/aromatic N) is 1. The Morgan fingerprint density at radius 2 is 1.73 bits per heavy atom. The molecule has 15 heavy (non-hydrogen) atoms. The minimum atomic E-state index is 0.682. The minimum absolute atomic E-state index is 0.682. The van der Waals surface area contributed by atoms with Gasteiger partial charge in [-0.3, -0.25) is 4.90 Å². The third-order valence-electron chi connectivity index (χ3n) is 3.74. The van der Waals surface area contributed by atoms with Crippen molar-refractivity contribution in [2.75, 3.05) is 19.6 Å². The summed E-state index contributed by atoms with van der Waals surface area (Å²) in [6.07, 6.45) is 7.09. The fourth-order valence-corrected chi connectivity index (χ4v) is 2.62. The maximum Gasteiger partial charge on any atom is 0.0192 e. The molecule has 90 valence electrons. The van der Waals surface area contributed by atoms with E-state index in [1.165, 1.54) is 45.2 Å². The van der Waals surface area contributed by atoms with Gasteiger partial charge < -0.3 is 5.32 Å². The molecular weight excluding hydrogens is 184 g/mol. The van der Waals surface area contributed by atoms with Gasteiger partial charge in [0.1, 0.15) is 0 Å². The van der Waals surface area contributed by atoms with Gasteiger partial charge in [0.05, 0.1) is 0 Å². The summed E-state index contributed by atoms with van der Waals surface area (Å²) in [5.74, 6) is 0. The van der Waals surface area contributed by atoms with Gasteiger partial charge in [-0.1, -0.05) is 33.1 Å². The van der Waals surface area contributed by atoms with Gasteiger partial charge >= 0.3 is 0 Å². The second-order valence-corrected chi connectivity index (χ2v) is 4.81. The molecule has 0 spiro atoms. The van der Waals surface area contributed by atoms with Crippen LogP contribution in [0.2, 0.25) is 0 Å². The van der Waals surface area contributed by atoms with E-state index in [2.05, 4.69) is 31.0 Å². The number of hydrogen-bond donors (Lipinski definition) is 1. The van der Waals surface area contributed by atoms with E-state index in [9.17, 15) is 0 Å². The lowest BCUT2D eigenvalue weighted by molar-refractivity contribution is 0.215. The summed E-state index contributed by atoms with van der Waals surface area (Å²) in [4.78, 5) is 2.52. The van der Waals surface area contributed by atoms with E-state index in [0.29, 0.717) is 6.04 Å². The molecule has 1 unspecified atom stereocenters. The summed E-state index contributed by atoms with van der Waals surface area (Å²) in [6.45, 7) is 10.3. The lowest BCUT2D eigenvalue weighted by Gasteiger charge is -2.30. The number of likely N-dealkylation sites (N-methyl/N-ethyl adjacent to an activating group) is 1. The highest BCUT2D eigenvalue weighted by Crippen LogP contribution is 2.17. The van der Waals surface area contributed by atoms with Crippen molar-refractivity contribution in [1.82, 2.24) is 10.2 Å². The molecule has 0 aliphatic heterocycles. The fraction of sp³-hybridized carbons (Fsp3) is 1.00. The van der Waals surface area contributed by atoms with E-state index >= 15 is 0 Å². The van der Waals surface area contributed by atoms with E-state index in [0.717, 1.165) is 12.6 Å². The molecule has 1 aliphatic rings. The van der Waals surface area contributed by atoms with E-state index in [4.69, 9.17) is 0 Å². The molecule has 0 saturated heterocycles. The predicted molar refractivity (Wildman–Crippen MR) is 67.3 cm³/mol. The van der Waals surface area contributed by atoms with Crippen LogP contribution in [0.5, 0.6) is 0 Å². The average molecular weight is 212 g/mol. The SMILES string of the molecule is CCN(CC)C(C)CNC1CCCCC1. The van der Waals surface area contributed by atoms with Crippen molar-refractivity contribution >= 4 is 0 Å². The van der Waals surface area contributed by atoms with Crippen LogP contribution in [0.3, 0.4) is 0 Å². The normalized spacial score (nSPS) is 20.8. The predicted octanol–water partition coefficient (Wildman–Crippen LogP) is 2.64. The van der Waals surface area contributed by atoms with Crippen molar-refractivity contribution in [1.29, 1.82) is 0 Å². The molecule has 0 aromatic carbocycles. The van der Waals surface area contributed by atoms with E-state index in [-0.39, 0.29) is 0 Å². The van der Waals surface area contributed by atoms with Crippen LogP contribution in [0.1, 0.15) is 52.9 Å². The maximum absolute atomic E-state index is 3.73. The van der Waals surface area contributed by atoms with Crippen LogP contribution >= 0.6 is 0 Å². The second-order valence-electron chi connectivity index (χ2n) is 4.81. The van der Waals surface area contributed by atoms with Gasteiger partial charge in [-0.25, -0.2) is 0 Å². The zero-order valence-corrected chi connectivity index (χ0v) is 10.8. The van der Waals surface area contributed by atoms with Gasteiger partial charge in [0.2, 0.25) is 0 Å². The molecule has 2 nitrogen and oxygen atoms in total. The third kappa shape index (κ3) is 4.52. The van der Waals surface area contributed by atoms with Crippen LogP contribution < -0.4 is 5.32 Å². The highest BCUT2D eigenvalue weighted by molar-refractivity contribution is 4.75. The Morgan fingerprint density at radius 3 is 2.27 bits per heavy atom. The summed E-state index contributed by atoms with van der Waals surface area (Å²) in [5.41, 5.74) is 0. The van der Waals surface area contributed by atoms with E-state index in [1.54, 1.807) is 0 Å². The maximum atomic E-state index is 3.73. The molecule has 0 amide bonds. The fourth-order valence-electron chi connectivity index (χ4n) is 2.62. The molecule has 1 saturated carbocycles. The molecule has 0 aromatic rings. The highest BCUT2D eigenvalue weighted by atomic mass is 15.2. The molecular formula is C13H28N2. The van der Waals surface area contributed by atoms with Crippen molar-refractivity contribution in [2.24, 2.45) is 0 Å². The molecule has 2 heteroatoms. The molecule has 0 heterocycles.